The van der Waals surface area contributed by atoms with Crippen LogP contribution in [0.3, 0.4) is 0 Å². The Morgan fingerprint density at radius 3 is 2.73 bits per heavy atom. The smallest absolute Gasteiger partial charge is 0.224 e. The number of carbonyl (C=O) groups is 1. The minimum atomic E-state index is -0.0936. The molecule has 4 aromatic rings. The third-order valence-corrected chi connectivity index (χ3v) is 5.72. The summed E-state index contributed by atoms with van der Waals surface area (Å²) in [5.74, 6) is -0.0936. The predicted molar refractivity (Wildman–Crippen MR) is 121 cm³/mol. The molecule has 0 fully saturated rings. The molecule has 30 heavy (non-hydrogen) atoms. The summed E-state index contributed by atoms with van der Waals surface area (Å²) in [5.41, 5.74) is 10.3. The molecule has 0 bridgehead atoms. The number of carbonyl (C=O) groups excluding carboxylic acids is 1. The Bertz CT molecular complexity index is 1110. The van der Waals surface area contributed by atoms with Crippen molar-refractivity contribution in [1.82, 2.24) is 15.0 Å². The lowest BCUT2D eigenvalue weighted by Gasteiger charge is -2.09. The molecule has 0 spiro atoms. The van der Waals surface area contributed by atoms with Crippen molar-refractivity contribution >= 4 is 28.6 Å². The molecule has 0 radical (unpaired) electrons. The van der Waals surface area contributed by atoms with Crippen molar-refractivity contribution in [3.05, 3.63) is 83.5 Å². The van der Waals surface area contributed by atoms with Crippen LogP contribution in [-0.4, -0.2) is 20.9 Å². The molecule has 2 aromatic heterocycles. The monoisotopic (exact) mass is 417 g/mol. The Hall–Kier alpha value is -3.45. The Labute approximate surface area is 179 Å². The average molecular weight is 418 g/mol. The number of aromatic nitrogens is 3. The van der Waals surface area contributed by atoms with Gasteiger partial charge in [0.05, 0.1) is 17.1 Å². The van der Waals surface area contributed by atoms with Gasteiger partial charge >= 0.3 is 0 Å². The van der Waals surface area contributed by atoms with Gasteiger partial charge in [-0.05, 0) is 41.1 Å². The van der Waals surface area contributed by atoms with Gasteiger partial charge in [0.25, 0.3) is 0 Å². The van der Waals surface area contributed by atoms with Crippen molar-refractivity contribution in [1.29, 1.82) is 0 Å². The molecule has 2 aromatic carbocycles. The van der Waals surface area contributed by atoms with E-state index in [0.717, 1.165) is 29.1 Å². The van der Waals surface area contributed by atoms with Crippen LogP contribution < -0.4 is 11.1 Å². The van der Waals surface area contributed by atoms with E-state index in [2.05, 4.69) is 27.8 Å². The van der Waals surface area contributed by atoms with Crippen LogP contribution in [0.15, 0.2) is 72.2 Å². The number of thiophene rings is 1. The number of benzene rings is 2. The van der Waals surface area contributed by atoms with Crippen LogP contribution in [0.25, 0.3) is 10.4 Å². The van der Waals surface area contributed by atoms with E-state index in [-0.39, 0.29) is 5.91 Å². The van der Waals surface area contributed by atoms with Crippen LogP contribution in [0.5, 0.6) is 0 Å². The molecule has 152 valence electrons. The highest BCUT2D eigenvalue weighted by Gasteiger charge is 2.10. The van der Waals surface area contributed by atoms with Crippen LogP contribution in [0, 0.1) is 0 Å². The largest absolute Gasteiger partial charge is 0.397 e. The third kappa shape index (κ3) is 5.12. The van der Waals surface area contributed by atoms with Crippen LogP contribution in [0.1, 0.15) is 17.7 Å². The first-order chi connectivity index (χ1) is 14.7. The second-order valence-electron chi connectivity index (χ2n) is 7.04. The molecule has 0 saturated carbocycles. The van der Waals surface area contributed by atoms with E-state index in [9.17, 15) is 4.79 Å². The molecule has 7 heteroatoms. The van der Waals surface area contributed by atoms with Gasteiger partial charge in [0.2, 0.25) is 5.91 Å². The number of nitrogens with zero attached hydrogens (tertiary/aromatic N) is 3. The van der Waals surface area contributed by atoms with E-state index in [1.807, 2.05) is 64.8 Å². The second-order valence-corrected chi connectivity index (χ2v) is 7.98. The van der Waals surface area contributed by atoms with Gasteiger partial charge < -0.3 is 11.1 Å². The lowest BCUT2D eigenvalue weighted by atomic mass is 10.1. The maximum atomic E-state index is 12.4. The van der Waals surface area contributed by atoms with Gasteiger partial charge in [0, 0.05) is 30.5 Å². The lowest BCUT2D eigenvalue weighted by molar-refractivity contribution is -0.116. The number of nitrogens with one attached hydrogen (secondary N) is 1. The van der Waals surface area contributed by atoms with Crippen molar-refractivity contribution in [3.63, 3.8) is 0 Å². The second kappa shape index (κ2) is 9.37. The zero-order valence-electron chi connectivity index (χ0n) is 16.5. The topological polar surface area (TPSA) is 85.8 Å². The molecule has 0 aliphatic carbocycles. The molecule has 0 unspecified atom stereocenters. The van der Waals surface area contributed by atoms with Crippen molar-refractivity contribution in [3.8, 4) is 10.4 Å². The van der Waals surface area contributed by atoms with Crippen LogP contribution >= 0.6 is 11.3 Å². The number of nitrogen functional groups attached to an aromatic ring is 1. The molecule has 0 atom stereocenters. The highest BCUT2D eigenvalue weighted by molar-refractivity contribution is 7.13. The van der Waals surface area contributed by atoms with Crippen molar-refractivity contribution in [2.75, 3.05) is 11.1 Å². The summed E-state index contributed by atoms with van der Waals surface area (Å²) in [6.45, 7) is 0.759. The predicted octanol–water partition coefficient (Wildman–Crippen LogP) is 4.40. The van der Waals surface area contributed by atoms with Gasteiger partial charge in [-0.3, -0.25) is 9.48 Å². The molecule has 4 rings (SSSR count). The molecule has 0 saturated heterocycles. The number of rotatable bonds is 8. The molecule has 1 amide bonds. The zero-order valence-corrected chi connectivity index (χ0v) is 17.3. The maximum Gasteiger partial charge on any atom is 0.224 e. The minimum absolute atomic E-state index is 0.0936. The normalized spacial score (nSPS) is 10.8. The summed E-state index contributed by atoms with van der Waals surface area (Å²) in [6, 6.07) is 20.0. The number of hydrogen-bond donors (Lipinski definition) is 2. The first-order valence-corrected chi connectivity index (χ1v) is 10.7. The van der Waals surface area contributed by atoms with Gasteiger partial charge in [0.1, 0.15) is 0 Å². The van der Waals surface area contributed by atoms with E-state index in [1.54, 1.807) is 11.3 Å². The summed E-state index contributed by atoms with van der Waals surface area (Å²) < 4.78 is 1.82. The Kier molecular flexibility index (Phi) is 6.20. The van der Waals surface area contributed by atoms with E-state index in [0.29, 0.717) is 24.2 Å². The van der Waals surface area contributed by atoms with E-state index < -0.39 is 0 Å². The highest BCUT2D eigenvalue weighted by Crippen LogP contribution is 2.30. The van der Waals surface area contributed by atoms with Gasteiger partial charge in [-0.15, -0.1) is 16.4 Å². The maximum absolute atomic E-state index is 12.4. The number of aryl methyl sites for hydroxylation is 3. The van der Waals surface area contributed by atoms with Gasteiger partial charge in [0.15, 0.2) is 0 Å². The third-order valence-electron chi connectivity index (χ3n) is 4.80. The van der Waals surface area contributed by atoms with Gasteiger partial charge in [-0.1, -0.05) is 47.7 Å². The molecular weight excluding hydrogens is 394 g/mol. The van der Waals surface area contributed by atoms with Gasteiger partial charge in [-0.2, -0.15) is 0 Å². The van der Waals surface area contributed by atoms with Crippen molar-refractivity contribution in [2.45, 2.75) is 25.8 Å². The Morgan fingerprint density at radius 1 is 1.07 bits per heavy atom. The summed E-state index contributed by atoms with van der Waals surface area (Å²) in [7, 11) is 0. The fraction of sp³-hybridized carbons (Fsp3) is 0.174. The number of anilines is 2. The van der Waals surface area contributed by atoms with Crippen LogP contribution in [0.2, 0.25) is 0 Å². The molecule has 2 heterocycles. The molecule has 3 N–H and O–H groups in total. The summed E-state index contributed by atoms with van der Waals surface area (Å²) in [5, 5.41) is 13.3. The minimum Gasteiger partial charge on any atom is -0.397 e. The number of amides is 1. The quantitative estimate of drug-likeness (QED) is 0.416. The summed E-state index contributed by atoms with van der Waals surface area (Å²) in [4.78, 5) is 13.6. The van der Waals surface area contributed by atoms with E-state index >= 15 is 0 Å². The fourth-order valence-electron chi connectivity index (χ4n) is 3.17. The van der Waals surface area contributed by atoms with Crippen LogP contribution in [0.4, 0.5) is 11.4 Å². The summed E-state index contributed by atoms with van der Waals surface area (Å²) >= 11 is 1.65. The van der Waals surface area contributed by atoms with Crippen molar-refractivity contribution < 1.29 is 4.79 Å². The average Bonchev–Trinajstić information content (AvgIpc) is 3.45. The molecule has 6 nitrogen and oxygen atoms in total. The highest BCUT2D eigenvalue weighted by atomic mass is 32.1. The lowest BCUT2D eigenvalue weighted by Crippen LogP contribution is -2.13. The fourth-order valence-corrected chi connectivity index (χ4v) is 3.89. The zero-order chi connectivity index (χ0) is 20.8. The molecule has 0 aliphatic rings. The van der Waals surface area contributed by atoms with Gasteiger partial charge in [-0.25, -0.2) is 0 Å². The molecular formula is C23H23N5OS. The Morgan fingerprint density at radius 2 is 1.93 bits per heavy atom. The van der Waals surface area contributed by atoms with E-state index in [1.165, 1.54) is 5.56 Å². The molecule has 0 aliphatic heterocycles. The number of hydrogen-bond acceptors (Lipinski definition) is 5. The van der Waals surface area contributed by atoms with E-state index in [4.69, 9.17) is 5.73 Å². The summed E-state index contributed by atoms with van der Waals surface area (Å²) in [6.07, 6.45) is 3.65. The first kappa shape index (κ1) is 19.8. The first-order valence-electron chi connectivity index (χ1n) is 9.83. The van der Waals surface area contributed by atoms with Crippen molar-refractivity contribution in [2.24, 2.45) is 0 Å². The standard InChI is InChI=1S/C23H23N5OS/c24-20-10-8-18(22-7-4-14-30-22)15-21(20)25-23(29)11-9-19-16-28(27-26-19)13-12-17-5-2-1-3-6-17/h1-8,10,14-16H,9,11-13,24H2,(H,25,29). The SMILES string of the molecule is Nc1ccc(-c2cccs2)cc1NC(=O)CCc1cn(CCc2ccccc2)nn1. The van der Waals surface area contributed by atoms with Crippen LogP contribution in [-0.2, 0) is 24.2 Å². The number of nitrogens with two attached hydrogens (primary N) is 1. The Balaban J connectivity index is 1.30.